The Morgan fingerprint density at radius 1 is 1.44 bits per heavy atom. The molecule has 1 aliphatic heterocycles. The summed E-state index contributed by atoms with van der Waals surface area (Å²) in [6.45, 7) is 1.94. The molecular formula is C13H16BrClN2O. The molecule has 98 valence electrons. The molecule has 5 heteroatoms. The van der Waals surface area contributed by atoms with E-state index in [0.29, 0.717) is 16.6 Å². The molecule has 0 spiro atoms. The summed E-state index contributed by atoms with van der Waals surface area (Å²) in [6, 6.07) is 5.67. The van der Waals surface area contributed by atoms with Gasteiger partial charge in [-0.05, 0) is 44.1 Å². The van der Waals surface area contributed by atoms with E-state index in [4.69, 9.17) is 11.6 Å². The summed E-state index contributed by atoms with van der Waals surface area (Å²) < 4.78 is 0.883. The molecule has 2 rings (SSSR count). The average Bonchev–Trinajstić information content (AvgIpc) is 2.38. The van der Waals surface area contributed by atoms with Gasteiger partial charge in [0.05, 0.1) is 10.6 Å². The number of nitrogens with zero attached hydrogens (tertiary/aromatic N) is 1. The van der Waals surface area contributed by atoms with E-state index >= 15 is 0 Å². The first-order chi connectivity index (χ1) is 8.59. The molecule has 1 aromatic carbocycles. The van der Waals surface area contributed by atoms with Gasteiger partial charge >= 0.3 is 0 Å². The van der Waals surface area contributed by atoms with Gasteiger partial charge in [-0.15, -0.1) is 0 Å². The zero-order valence-corrected chi connectivity index (χ0v) is 12.6. The summed E-state index contributed by atoms with van der Waals surface area (Å²) in [4.78, 5) is 14.2. The number of benzene rings is 1. The van der Waals surface area contributed by atoms with Crippen molar-refractivity contribution in [3.63, 3.8) is 0 Å². The number of nitrogens with one attached hydrogen (secondary N) is 1. The molecule has 1 N–H and O–H groups in total. The number of hydrogen-bond donors (Lipinski definition) is 1. The number of hydrogen-bond acceptors (Lipinski definition) is 2. The van der Waals surface area contributed by atoms with Crippen LogP contribution in [0.25, 0.3) is 0 Å². The maximum absolute atomic E-state index is 12.4. The Labute approximate surface area is 121 Å². The number of carbonyl (C=O) groups is 1. The highest BCUT2D eigenvalue weighted by atomic mass is 79.9. The second kappa shape index (κ2) is 6.04. The Morgan fingerprint density at radius 3 is 2.72 bits per heavy atom. The molecule has 0 saturated carbocycles. The van der Waals surface area contributed by atoms with Crippen LogP contribution in [0.4, 0.5) is 0 Å². The van der Waals surface area contributed by atoms with E-state index in [1.54, 1.807) is 12.1 Å². The van der Waals surface area contributed by atoms with Crippen LogP contribution in [0, 0.1) is 0 Å². The van der Waals surface area contributed by atoms with Crippen molar-refractivity contribution < 1.29 is 4.79 Å². The van der Waals surface area contributed by atoms with E-state index in [2.05, 4.69) is 21.2 Å². The van der Waals surface area contributed by atoms with Gasteiger partial charge in [0.2, 0.25) is 0 Å². The minimum absolute atomic E-state index is 0.000556. The van der Waals surface area contributed by atoms with Crippen molar-refractivity contribution in [3.05, 3.63) is 33.3 Å². The number of piperidine rings is 1. The van der Waals surface area contributed by atoms with Gasteiger partial charge in [0.15, 0.2) is 0 Å². The van der Waals surface area contributed by atoms with Crippen LogP contribution in [0.2, 0.25) is 5.02 Å². The van der Waals surface area contributed by atoms with Gasteiger partial charge < -0.3 is 10.2 Å². The Hall–Kier alpha value is -0.580. The lowest BCUT2D eigenvalue weighted by Gasteiger charge is -2.31. The lowest BCUT2D eigenvalue weighted by molar-refractivity contribution is 0.0703. The van der Waals surface area contributed by atoms with E-state index in [-0.39, 0.29) is 5.91 Å². The number of amides is 1. The molecule has 1 amide bonds. The van der Waals surface area contributed by atoms with Crippen LogP contribution in [0.3, 0.4) is 0 Å². The molecule has 1 heterocycles. The first-order valence-corrected chi connectivity index (χ1v) is 7.19. The zero-order chi connectivity index (χ0) is 13.1. The predicted octanol–water partition coefficient (Wildman–Crippen LogP) is 2.93. The van der Waals surface area contributed by atoms with Gasteiger partial charge in [-0.3, -0.25) is 4.79 Å². The van der Waals surface area contributed by atoms with Gasteiger partial charge in [0.1, 0.15) is 0 Å². The predicted molar refractivity (Wildman–Crippen MR) is 77.1 cm³/mol. The molecule has 0 unspecified atom stereocenters. The zero-order valence-electron chi connectivity index (χ0n) is 10.2. The first kappa shape index (κ1) is 13.8. The fraction of sp³-hybridized carbons (Fsp3) is 0.462. The van der Waals surface area contributed by atoms with Gasteiger partial charge in [-0.25, -0.2) is 0 Å². The summed E-state index contributed by atoms with van der Waals surface area (Å²) in [7, 11) is 1.86. The van der Waals surface area contributed by atoms with E-state index in [9.17, 15) is 4.79 Å². The maximum atomic E-state index is 12.4. The minimum atomic E-state index is -0.000556. The molecule has 1 aliphatic rings. The van der Waals surface area contributed by atoms with E-state index in [0.717, 1.165) is 30.4 Å². The highest BCUT2D eigenvalue weighted by Gasteiger charge is 2.24. The van der Waals surface area contributed by atoms with E-state index in [1.807, 2.05) is 18.0 Å². The summed E-state index contributed by atoms with van der Waals surface area (Å²) in [6.07, 6.45) is 1.99. The first-order valence-electron chi connectivity index (χ1n) is 6.02. The monoisotopic (exact) mass is 330 g/mol. The van der Waals surface area contributed by atoms with Crippen LogP contribution in [-0.4, -0.2) is 37.0 Å². The Kier molecular flexibility index (Phi) is 4.65. The standard InChI is InChI=1S/C13H16BrClN2O/c1-17(10-4-6-16-7-5-10)13(18)11-3-2-9(14)8-12(11)15/h2-3,8,10,16H,4-7H2,1H3. The minimum Gasteiger partial charge on any atom is -0.339 e. The Balaban J connectivity index is 2.14. The van der Waals surface area contributed by atoms with E-state index in [1.165, 1.54) is 0 Å². The number of halogens is 2. The summed E-state index contributed by atoms with van der Waals surface area (Å²) in [5.74, 6) is -0.000556. The summed E-state index contributed by atoms with van der Waals surface area (Å²) in [5, 5.41) is 3.79. The van der Waals surface area contributed by atoms with Gasteiger partial charge in [0.25, 0.3) is 5.91 Å². The van der Waals surface area contributed by atoms with Crippen molar-refractivity contribution in [3.8, 4) is 0 Å². The van der Waals surface area contributed by atoms with Crippen molar-refractivity contribution in [2.45, 2.75) is 18.9 Å². The molecule has 1 aromatic rings. The highest BCUT2D eigenvalue weighted by molar-refractivity contribution is 9.10. The van der Waals surface area contributed by atoms with Crippen LogP contribution in [0.5, 0.6) is 0 Å². The average molecular weight is 332 g/mol. The van der Waals surface area contributed by atoms with Crippen LogP contribution < -0.4 is 5.32 Å². The smallest absolute Gasteiger partial charge is 0.255 e. The molecule has 0 atom stereocenters. The summed E-state index contributed by atoms with van der Waals surface area (Å²) >= 11 is 9.46. The molecule has 0 aliphatic carbocycles. The normalized spacial score (nSPS) is 16.6. The lowest BCUT2D eigenvalue weighted by Crippen LogP contribution is -2.44. The second-order valence-corrected chi connectivity index (χ2v) is 5.84. The number of rotatable bonds is 2. The Morgan fingerprint density at radius 2 is 2.11 bits per heavy atom. The quantitative estimate of drug-likeness (QED) is 0.904. The van der Waals surface area contributed by atoms with Crippen molar-refractivity contribution >= 4 is 33.4 Å². The van der Waals surface area contributed by atoms with Crippen LogP contribution in [0.15, 0.2) is 22.7 Å². The molecule has 0 radical (unpaired) electrons. The largest absolute Gasteiger partial charge is 0.339 e. The van der Waals surface area contributed by atoms with Crippen molar-refractivity contribution in [1.82, 2.24) is 10.2 Å². The molecular weight excluding hydrogens is 316 g/mol. The van der Waals surface area contributed by atoms with Gasteiger partial charge in [0, 0.05) is 17.6 Å². The lowest BCUT2D eigenvalue weighted by atomic mass is 10.0. The fourth-order valence-corrected chi connectivity index (χ4v) is 2.97. The molecule has 3 nitrogen and oxygen atoms in total. The van der Waals surface area contributed by atoms with Crippen LogP contribution in [-0.2, 0) is 0 Å². The number of carbonyl (C=O) groups excluding carboxylic acids is 1. The van der Waals surface area contributed by atoms with Crippen molar-refractivity contribution in [1.29, 1.82) is 0 Å². The molecule has 0 aromatic heterocycles. The van der Waals surface area contributed by atoms with Gasteiger partial charge in [-0.1, -0.05) is 27.5 Å². The maximum Gasteiger partial charge on any atom is 0.255 e. The molecule has 1 saturated heterocycles. The van der Waals surface area contributed by atoms with Crippen LogP contribution in [0.1, 0.15) is 23.2 Å². The molecule has 0 bridgehead atoms. The highest BCUT2D eigenvalue weighted by Crippen LogP contribution is 2.23. The second-order valence-electron chi connectivity index (χ2n) is 4.52. The third-order valence-electron chi connectivity index (χ3n) is 3.34. The molecule has 1 fully saturated rings. The van der Waals surface area contributed by atoms with Crippen molar-refractivity contribution in [2.75, 3.05) is 20.1 Å². The third-order valence-corrected chi connectivity index (χ3v) is 4.14. The van der Waals surface area contributed by atoms with Crippen molar-refractivity contribution in [2.24, 2.45) is 0 Å². The van der Waals surface area contributed by atoms with Gasteiger partial charge in [-0.2, -0.15) is 0 Å². The third kappa shape index (κ3) is 3.05. The SMILES string of the molecule is CN(C(=O)c1ccc(Br)cc1Cl)C1CCNCC1. The topological polar surface area (TPSA) is 32.3 Å². The van der Waals surface area contributed by atoms with E-state index < -0.39 is 0 Å². The van der Waals surface area contributed by atoms with Crippen LogP contribution >= 0.6 is 27.5 Å². The summed E-state index contributed by atoms with van der Waals surface area (Å²) in [5.41, 5.74) is 0.570. The Bertz CT molecular complexity index is 447. The fourth-order valence-electron chi connectivity index (χ4n) is 2.21. The molecule has 18 heavy (non-hydrogen) atoms.